The number of rotatable bonds is 4. The first-order valence-electron chi connectivity index (χ1n) is 4.33. The van der Waals surface area contributed by atoms with Crippen LogP contribution in [-0.4, -0.2) is 12.2 Å². The minimum atomic E-state index is -0.558. The summed E-state index contributed by atoms with van der Waals surface area (Å²) in [5.74, 6) is -0.999. The third kappa shape index (κ3) is 3.34. The molecule has 0 spiro atoms. The Hall–Kier alpha value is -1.97. The average Bonchev–Trinajstić information content (AvgIpc) is 2.20. The molecule has 0 aromatic heterocycles. The van der Waals surface area contributed by atoms with Gasteiger partial charge >= 0.3 is 0 Å². The van der Waals surface area contributed by atoms with Crippen molar-refractivity contribution in [2.24, 2.45) is 5.73 Å². The quantitative estimate of drug-likeness (QED) is 0.761. The fourth-order valence-corrected chi connectivity index (χ4v) is 1.07. The molecule has 1 aromatic carbocycles. The fraction of sp³-hybridized carbons (Fsp3) is 0.0909. The van der Waals surface area contributed by atoms with E-state index in [0.29, 0.717) is 11.8 Å². The average molecular weight is 207 g/mol. The lowest BCUT2D eigenvalue weighted by molar-refractivity contribution is -0.117. The maximum atomic E-state index is 12.9. The van der Waals surface area contributed by atoms with Crippen molar-refractivity contribution < 1.29 is 14.0 Å². The van der Waals surface area contributed by atoms with Crippen LogP contribution in [0.5, 0.6) is 0 Å². The molecule has 4 heteroatoms. The Morgan fingerprint density at radius 3 is 2.80 bits per heavy atom. The van der Waals surface area contributed by atoms with E-state index in [2.05, 4.69) is 0 Å². The highest BCUT2D eigenvalue weighted by Gasteiger charge is 2.00. The third-order valence-electron chi connectivity index (χ3n) is 1.78. The molecule has 15 heavy (non-hydrogen) atoms. The number of carbonyl (C=O) groups is 2. The Kier molecular flexibility index (Phi) is 3.74. The van der Waals surface area contributed by atoms with Gasteiger partial charge in [-0.05, 0) is 17.7 Å². The molecule has 0 unspecified atom stereocenters. The molecule has 0 fully saturated rings. The van der Waals surface area contributed by atoms with Crippen LogP contribution in [0.3, 0.4) is 0 Å². The van der Waals surface area contributed by atoms with E-state index in [4.69, 9.17) is 5.73 Å². The number of nitrogens with two attached hydrogens (primary N) is 1. The van der Waals surface area contributed by atoms with E-state index in [1.165, 1.54) is 18.2 Å². The zero-order valence-corrected chi connectivity index (χ0v) is 7.94. The third-order valence-corrected chi connectivity index (χ3v) is 1.78. The summed E-state index contributed by atoms with van der Waals surface area (Å²) >= 11 is 0. The highest BCUT2D eigenvalue weighted by molar-refractivity contribution is 5.78. The smallest absolute Gasteiger partial charge is 0.221 e. The van der Waals surface area contributed by atoms with Crippen LogP contribution in [0.2, 0.25) is 0 Å². The van der Waals surface area contributed by atoms with Crippen molar-refractivity contribution in [1.82, 2.24) is 0 Å². The molecule has 0 heterocycles. The predicted molar refractivity (Wildman–Crippen MR) is 54.6 cm³/mol. The van der Waals surface area contributed by atoms with Crippen molar-refractivity contribution in [1.29, 1.82) is 0 Å². The second kappa shape index (κ2) is 5.05. The fourth-order valence-electron chi connectivity index (χ4n) is 1.07. The van der Waals surface area contributed by atoms with Gasteiger partial charge in [-0.15, -0.1) is 0 Å². The summed E-state index contributed by atoms with van der Waals surface area (Å²) in [4.78, 5) is 20.8. The zero-order valence-electron chi connectivity index (χ0n) is 7.94. The topological polar surface area (TPSA) is 60.2 Å². The number of benzene rings is 1. The molecule has 0 bridgehead atoms. The number of hydrogen-bond donors (Lipinski definition) is 1. The maximum absolute atomic E-state index is 12.9. The Morgan fingerprint density at radius 2 is 2.20 bits per heavy atom. The first-order valence-corrected chi connectivity index (χ1v) is 4.33. The molecule has 0 saturated heterocycles. The number of carbonyl (C=O) groups excluding carboxylic acids is 2. The normalized spacial score (nSPS) is 10.5. The first-order chi connectivity index (χ1) is 7.13. The van der Waals surface area contributed by atoms with Gasteiger partial charge in [0, 0.05) is 6.42 Å². The summed E-state index contributed by atoms with van der Waals surface area (Å²) in [5.41, 5.74) is 5.58. The van der Waals surface area contributed by atoms with Gasteiger partial charge in [-0.3, -0.25) is 9.59 Å². The van der Waals surface area contributed by atoms with Crippen molar-refractivity contribution >= 4 is 18.3 Å². The van der Waals surface area contributed by atoms with E-state index in [-0.39, 0.29) is 12.0 Å². The minimum absolute atomic E-state index is 0.00350. The van der Waals surface area contributed by atoms with Gasteiger partial charge in [0.1, 0.15) is 5.82 Å². The number of hydrogen-bond acceptors (Lipinski definition) is 2. The van der Waals surface area contributed by atoms with Crippen molar-refractivity contribution in [3.05, 3.63) is 41.2 Å². The summed E-state index contributed by atoms with van der Waals surface area (Å²) in [5, 5.41) is 0. The lowest BCUT2D eigenvalue weighted by Crippen LogP contribution is -2.07. The maximum Gasteiger partial charge on any atom is 0.221 e. The molecule has 0 atom stereocenters. The Morgan fingerprint density at radius 1 is 1.47 bits per heavy atom. The predicted octanol–water partition coefficient (Wildman–Crippen LogP) is 1.53. The number of primary amides is 1. The van der Waals surface area contributed by atoms with Crippen LogP contribution in [0.4, 0.5) is 4.39 Å². The van der Waals surface area contributed by atoms with E-state index >= 15 is 0 Å². The van der Waals surface area contributed by atoms with Gasteiger partial charge in [0.05, 0.1) is 5.56 Å². The Labute approximate surface area is 86.4 Å². The molecule has 1 rings (SSSR count). The van der Waals surface area contributed by atoms with Crippen LogP contribution in [0.15, 0.2) is 24.3 Å². The van der Waals surface area contributed by atoms with Crippen molar-refractivity contribution in [2.45, 2.75) is 6.42 Å². The van der Waals surface area contributed by atoms with Crippen LogP contribution in [0.25, 0.3) is 6.08 Å². The summed E-state index contributed by atoms with van der Waals surface area (Å²) in [6.07, 6.45) is 3.73. The van der Waals surface area contributed by atoms with Gasteiger partial charge in [-0.1, -0.05) is 18.2 Å². The van der Waals surface area contributed by atoms with E-state index in [1.807, 2.05) is 0 Å². The Bertz CT molecular complexity index is 413. The number of halogens is 1. The molecule has 0 radical (unpaired) electrons. The molecule has 0 aliphatic carbocycles. The summed E-state index contributed by atoms with van der Waals surface area (Å²) in [6.45, 7) is 0. The van der Waals surface area contributed by atoms with E-state index < -0.39 is 11.7 Å². The molecule has 2 N–H and O–H groups in total. The van der Waals surface area contributed by atoms with Crippen molar-refractivity contribution in [3.8, 4) is 0 Å². The van der Waals surface area contributed by atoms with E-state index in [1.54, 1.807) is 12.2 Å². The monoisotopic (exact) mass is 207 g/mol. The molecule has 1 aromatic rings. The second-order valence-electron chi connectivity index (χ2n) is 2.97. The second-order valence-corrected chi connectivity index (χ2v) is 2.97. The molecular weight excluding hydrogens is 197 g/mol. The van der Waals surface area contributed by atoms with Gasteiger partial charge in [0.25, 0.3) is 0 Å². The van der Waals surface area contributed by atoms with E-state index in [9.17, 15) is 14.0 Å². The standard InChI is InChI=1S/C11H10FNO2/c12-10-5-4-8(6-9(10)7-14)2-1-3-11(13)15/h1-2,4-7H,3H2,(H2,13,15). The number of amides is 1. The summed E-state index contributed by atoms with van der Waals surface area (Å²) in [6, 6.07) is 4.12. The highest BCUT2D eigenvalue weighted by atomic mass is 19.1. The SMILES string of the molecule is NC(=O)CC=Cc1ccc(F)c(C=O)c1. The highest BCUT2D eigenvalue weighted by Crippen LogP contribution is 2.10. The van der Waals surface area contributed by atoms with E-state index in [0.717, 1.165) is 0 Å². The van der Waals surface area contributed by atoms with Gasteiger partial charge in [0.2, 0.25) is 5.91 Å². The van der Waals surface area contributed by atoms with Crippen LogP contribution in [-0.2, 0) is 4.79 Å². The number of aldehydes is 1. The molecular formula is C11H10FNO2. The largest absolute Gasteiger partial charge is 0.369 e. The van der Waals surface area contributed by atoms with Gasteiger partial charge < -0.3 is 5.73 Å². The molecule has 3 nitrogen and oxygen atoms in total. The van der Waals surface area contributed by atoms with Gasteiger partial charge in [-0.2, -0.15) is 0 Å². The van der Waals surface area contributed by atoms with Crippen molar-refractivity contribution in [3.63, 3.8) is 0 Å². The minimum Gasteiger partial charge on any atom is -0.369 e. The molecule has 1 amide bonds. The summed E-state index contributed by atoms with van der Waals surface area (Å²) in [7, 11) is 0. The summed E-state index contributed by atoms with van der Waals surface area (Å²) < 4.78 is 12.9. The Balaban J connectivity index is 2.82. The van der Waals surface area contributed by atoms with Gasteiger partial charge in [0.15, 0.2) is 6.29 Å². The lowest BCUT2D eigenvalue weighted by atomic mass is 10.1. The van der Waals surface area contributed by atoms with Crippen LogP contribution >= 0.6 is 0 Å². The van der Waals surface area contributed by atoms with Crippen LogP contribution in [0.1, 0.15) is 22.3 Å². The zero-order chi connectivity index (χ0) is 11.3. The van der Waals surface area contributed by atoms with Crippen LogP contribution < -0.4 is 5.73 Å². The molecule has 0 aliphatic heterocycles. The molecule has 0 aliphatic rings. The van der Waals surface area contributed by atoms with Crippen molar-refractivity contribution in [2.75, 3.05) is 0 Å². The molecule has 0 saturated carbocycles. The van der Waals surface area contributed by atoms with Gasteiger partial charge in [-0.25, -0.2) is 4.39 Å². The first kappa shape index (κ1) is 11.1. The molecule has 78 valence electrons. The lowest BCUT2D eigenvalue weighted by Gasteiger charge is -1.96. The van der Waals surface area contributed by atoms with Crippen LogP contribution in [0, 0.1) is 5.82 Å².